The third-order valence-corrected chi connectivity index (χ3v) is 7.51. The lowest BCUT2D eigenvalue weighted by molar-refractivity contribution is -0.150. The van der Waals surface area contributed by atoms with Crippen LogP contribution in [0, 0.1) is 5.92 Å². The highest BCUT2D eigenvalue weighted by Crippen LogP contribution is 2.26. The first-order chi connectivity index (χ1) is 18.5. The third-order valence-electron chi connectivity index (χ3n) is 7.51. The van der Waals surface area contributed by atoms with Gasteiger partial charge in [-0.2, -0.15) is 0 Å². The number of aliphatic hydroxyl groups excluding tert-OH is 1. The highest BCUT2D eigenvalue weighted by molar-refractivity contribution is 5.87. The van der Waals surface area contributed by atoms with Gasteiger partial charge in [-0.1, -0.05) is 42.5 Å². The maximum absolute atomic E-state index is 13.5. The van der Waals surface area contributed by atoms with Gasteiger partial charge in [0.05, 0.1) is 24.6 Å². The Kier molecular flexibility index (Phi) is 9.75. The number of cyclic esters (lactones) is 1. The number of carbonyl (C=O) groups is 4. The Morgan fingerprint density at radius 3 is 2.61 bits per heavy atom. The monoisotopic (exact) mass is 527 g/mol. The van der Waals surface area contributed by atoms with E-state index in [2.05, 4.69) is 5.32 Å². The van der Waals surface area contributed by atoms with Gasteiger partial charge in [-0.25, -0.2) is 9.59 Å². The number of aliphatic hydroxyl groups is 1. The molecule has 3 heterocycles. The number of carbonyl (C=O) groups excluding carboxylic acids is 4. The minimum absolute atomic E-state index is 0.0326. The highest BCUT2D eigenvalue weighted by Gasteiger charge is 2.37. The highest BCUT2D eigenvalue weighted by atomic mass is 16.6. The van der Waals surface area contributed by atoms with Crippen LogP contribution in [0.5, 0.6) is 0 Å². The fraction of sp³-hybridized carbons (Fsp3) is 0.571. The van der Waals surface area contributed by atoms with Crippen LogP contribution in [0.3, 0.4) is 0 Å². The maximum atomic E-state index is 13.5. The number of fused-ring (bicyclic) bond motifs is 1. The van der Waals surface area contributed by atoms with Crippen LogP contribution < -0.4 is 5.32 Å². The predicted molar refractivity (Wildman–Crippen MR) is 138 cm³/mol. The smallest absolute Gasteiger partial charge is 0.408 e. The summed E-state index contributed by atoms with van der Waals surface area (Å²) < 4.78 is 10.8. The summed E-state index contributed by atoms with van der Waals surface area (Å²) in [6.07, 6.45) is 6.46. The van der Waals surface area contributed by atoms with Crippen LogP contribution in [0.15, 0.2) is 42.5 Å². The van der Waals surface area contributed by atoms with Crippen molar-refractivity contribution in [3.05, 3.63) is 48.0 Å². The lowest BCUT2D eigenvalue weighted by Crippen LogP contribution is -2.46. The van der Waals surface area contributed by atoms with Crippen LogP contribution in [0.4, 0.5) is 4.79 Å². The van der Waals surface area contributed by atoms with E-state index in [0.717, 1.165) is 24.8 Å². The van der Waals surface area contributed by atoms with E-state index in [-0.39, 0.29) is 56.6 Å². The van der Waals surface area contributed by atoms with Gasteiger partial charge in [0.1, 0.15) is 19.3 Å². The van der Waals surface area contributed by atoms with Crippen molar-refractivity contribution in [3.63, 3.8) is 0 Å². The van der Waals surface area contributed by atoms with Gasteiger partial charge in [-0.05, 0) is 44.1 Å². The molecular weight excluding hydrogens is 490 g/mol. The standard InChI is InChI=1S/C28H37N3O7/c32-17-22-11-6-14-30(22)25(33)16-21-10-4-5-13-24(29-28(36)38-18-20-8-2-1-3-9-20)27(35)37-19-23-12-7-15-31(23)26(21)34/h1-5,8-9,21-24,32H,6-7,10-19H2,(H,29,36). The molecule has 0 radical (unpaired) electrons. The Bertz CT molecular complexity index is 1010. The Morgan fingerprint density at radius 2 is 1.82 bits per heavy atom. The molecule has 3 amide bonds. The quantitative estimate of drug-likeness (QED) is 0.429. The first-order valence-electron chi connectivity index (χ1n) is 13.5. The molecule has 1 aromatic rings. The zero-order valence-corrected chi connectivity index (χ0v) is 21.6. The molecule has 0 aromatic heterocycles. The molecule has 0 bridgehead atoms. The lowest BCUT2D eigenvalue weighted by atomic mass is 9.97. The number of nitrogens with zero attached hydrogens (tertiary/aromatic N) is 2. The average molecular weight is 528 g/mol. The third kappa shape index (κ3) is 7.12. The molecule has 4 unspecified atom stereocenters. The summed E-state index contributed by atoms with van der Waals surface area (Å²) in [7, 11) is 0. The molecule has 0 saturated carbocycles. The second-order valence-corrected chi connectivity index (χ2v) is 10.1. The van der Waals surface area contributed by atoms with Gasteiger partial charge >= 0.3 is 12.1 Å². The molecule has 4 rings (SSSR count). The van der Waals surface area contributed by atoms with Crippen LogP contribution in [0.1, 0.15) is 50.5 Å². The molecular formula is C28H37N3O7. The zero-order chi connectivity index (χ0) is 26.9. The van der Waals surface area contributed by atoms with E-state index in [1.807, 2.05) is 30.3 Å². The average Bonchev–Trinajstić information content (AvgIpc) is 3.60. The Morgan fingerprint density at radius 1 is 1.05 bits per heavy atom. The number of rotatable bonds is 6. The number of hydrogen-bond donors (Lipinski definition) is 2. The van der Waals surface area contributed by atoms with Crippen LogP contribution >= 0.6 is 0 Å². The molecule has 3 aliphatic heterocycles. The summed E-state index contributed by atoms with van der Waals surface area (Å²) >= 11 is 0. The number of nitrogens with one attached hydrogen (secondary N) is 1. The molecule has 2 fully saturated rings. The molecule has 4 atom stereocenters. The molecule has 0 aliphatic carbocycles. The topological polar surface area (TPSA) is 125 Å². The van der Waals surface area contributed by atoms with E-state index in [1.54, 1.807) is 22.0 Å². The van der Waals surface area contributed by atoms with E-state index in [9.17, 15) is 24.3 Å². The van der Waals surface area contributed by atoms with Crippen molar-refractivity contribution in [2.24, 2.45) is 5.92 Å². The summed E-state index contributed by atoms with van der Waals surface area (Å²) in [5.41, 5.74) is 0.828. The van der Waals surface area contributed by atoms with Gasteiger partial charge in [0, 0.05) is 19.5 Å². The fourth-order valence-corrected chi connectivity index (χ4v) is 5.38. The fourth-order valence-electron chi connectivity index (χ4n) is 5.38. The number of alkyl carbamates (subject to hydrolysis) is 1. The number of benzene rings is 1. The van der Waals surface area contributed by atoms with Gasteiger partial charge in [-0.3, -0.25) is 9.59 Å². The summed E-state index contributed by atoms with van der Waals surface area (Å²) in [6.45, 7) is 1.17. The second-order valence-electron chi connectivity index (χ2n) is 10.1. The molecule has 3 aliphatic rings. The lowest BCUT2D eigenvalue weighted by Gasteiger charge is -2.30. The maximum Gasteiger partial charge on any atom is 0.408 e. The number of hydrogen-bond acceptors (Lipinski definition) is 7. The van der Waals surface area contributed by atoms with Gasteiger partial charge < -0.3 is 29.7 Å². The second kappa shape index (κ2) is 13.4. The number of esters is 1. The van der Waals surface area contributed by atoms with E-state index in [0.29, 0.717) is 25.9 Å². The van der Waals surface area contributed by atoms with Crippen molar-refractivity contribution in [1.82, 2.24) is 15.1 Å². The number of amides is 3. The molecule has 10 heteroatoms. The number of ether oxygens (including phenoxy) is 2. The first-order valence-corrected chi connectivity index (χ1v) is 13.5. The summed E-state index contributed by atoms with van der Waals surface area (Å²) in [5, 5.41) is 12.2. The molecule has 10 nitrogen and oxygen atoms in total. The zero-order valence-electron chi connectivity index (χ0n) is 21.6. The number of allylic oxidation sites excluding steroid dienone is 1. The van der Waals surface area contributed by atoms with Crippen molar-refractivity contribution >= 4 is 23.9 Å². The van der Waals surface area contributed by atoms with Crippen LogP contribution in [0.2, 0.25) is 0 Å². The Balaban J connectivity index is 1.42. The van der Waals surface area contributed by atoms with Gasteiger partial charge in [0.25, 0.3) is 0 Å². The van der Waals surface area contributed by atoms with Crippen molar-refractivity contribution in [2.45, 2.75) is 69.7 Å². The Hall–Kier alpha value is -3.40. The summed E-state index contributed by atoms with van der Waals surface area (Å²) in [5.74, 6) is -1.36. The minimum atomic E-state index is -0.936. The van der Waals surface area contributed by atoms with Crippen LogP contribution in [-0.2, 0) is 30.5 Å². The van der Waals surface area contributed by atoms with Crippen molar-refractivity contribution in [3.8, 4) is 0 Å². The molecule has 206 valence electrons. The Labute approximate surface area is 222 Å². The van der Waals surface area contributed by atoms with Gasteiger partial charge in [0.15, 0.2) is 0 Å². The van der Waals surface area contributed by atoms with Crippen molar-refractivity contribution in [2.75, 3.05) is 26.3 Å². The largest absolute Gasteiger partial charge is 0.462 e. The first kappa shape index (κ1) is 27.6. The molecule has 0 spiro atoms. The number of likely N-dealkylation sites (tertiary alicyclic amines) is 1. The van der Waals surface area contributed by atoms with Crippen molar-refractivity contribution in [1.29, 1.82) is 0 Å². The molecule has 2 N–H and O–H groups in total. The molecule has 38 heavy (non-hydrogen) atoms. The van der Waals surface area contributed by atoms with E-state index < -0.39 is 24.0 Å². The summed E-state index contributed by atoms with van der Waals surface area (Å²) in [6, 6.07) is 7.85. The van der Waals surface area contributed by atoms with Crippen LogP contribution in [-0.4, -0.2) is 83.2 Å². The minimum Gasteiger partial charge on any atom is -0.462 e. The normalized spacial score (nSPS) is 26.2. The molecule has 1 aromatic carbocycles. The van der Waals surface area contributed by atoms with Crippen molar-refractivity contribution < 1.29 is 33.8 Å². The molecule has 2 saturated heterocycles. The van der Waals surface area contributed by atoms with Gasteiger partial charge in [0.2, 0.25) is 11.8 Å². The summed E-state index contributed by atoms with van der Waals surface area (Å²) in [4.78, 5) is 55.2. The predicted octanol–water partition coefficient (Wildman–Crippen LogP) is 2.16. The van der Waals surface area contributed by atoms with Gasteiger partial charge in [-0.15, -0.1) is 0 Å². The van der Waals surface area contributed by atoms with Crippen LogP contribution in [0.25, 0.3) is 0 Å². The van der Waals surface area contributed by atoms with E-state index in [1.165, 1.54) is 0 Å². The SMILES string of the molecule is O=C(NC1CC=CCC(CC(=O)N2CCCC2CO)C(=O)N2CCCC2COC1=O)OCc1ccccc1. The van der Waals surface area contributed by atoms with E-state index >= 15 is 0 Å². The van der Waals surface area contributed by atoms with E-state index in [4.69, 9.17) is 9.47 Å².